The molecule has 1 saturated carbocycles. The predicted octanol–water partition coefficient (Wildman–Crippen LogP) is 2.55. The second-order valence-corrected chi connectivity index (χ2v) is 8.07. The van der Waals surface area contributed by atoms with E-state index in [1.165, 1.54) is 12.8 Å². The van der Waals surface area contributed by atoms with Crippen LogP contribution in [0.2, 0.25) is 0 Å². The Labute approximate surface area is 154 Å². The van der Waals surface area contributed by atoms with Crippen molar-refractivity contribution in [3.8, 4) is 0 Å². The molecule has 1 aromatic heterocycles. The van der Waals surface area contributed by atoms with Crippen molar-refractivity contribution in [2.75, 3.05) is 19.6 Å². The Kier molecular flexibility index (Phi) is 4.69. The van der Waals surface area contributed by atoms with Crippen LogP contribution in [0.4, 0.5) is 0 Å². The van der Waals surface area contributed by atoms with E-state index in [4.69, 9.17) is 4.42 Å². The lowest BCUT2D eigenvalue weighted by molar-refractivity contribution is -0.127. The predicted molar refractivity (Wildman–Crippen MR) is 98.2 cm³/mol. The number of amides is 1. The molecule has 2 aromatic rings. The van der Waals surface area contributed by atoms with E-state index in [0.717, 1.165) is 35.9 Å². The summed E-state index contributed by atoms with van der Waals surface area (Å²) in [6.07, 6.45) is 4.37. The van der Waals surface area contributed by atoms with Gasteiger partial charge in [-0.1, -0.05) is 15.9 Å². The zero-order valence-corrected chi connectivity index (χ0v) is 15.6. The van der Waals surface area contributed by atoms with Gasteiger partial charge in [-0.2, -0.15) is 0 Å². The second-order valence-electron chi connectivity index (χ2n) is 7.15. The number of rotatable bonds is 5. The third-order valence-corrected chi connectivity index (χ3v) is 5.60. The molecule has 1 saturated heterocycles. The summed E-state index contributed by atoms with van der Waals surface area (Å²) in [5.74, 6) is 0.507. The number of benzene rings is 1. The zero-order chi connectivity index (χ0) is 17.4. The van der Waals surface area contributed by atoms with Crippen LogP contribution < -0.4 is 11.1 Å². The van der Waals surface area contributed by atoms with E-state index in [1.807, 2.05) is 12.1 Å². The van der Waals surface area contributed by atoms with Crippen molar-refractivity contribution in [1.82, 2.24) is 14.8 Å². The van der Waals surface area contributed by atoms with Crippen LogP contribution in [0.5, 0.6) is 0 Å². The number of aromatic nitrogens is 1. The number of carbonyl (C=O) groups is 1. The molecule has 2 aliphatic rings. The molecule has 1 atom stereocenters. The summed E-state index contributed by atoms with van der Waals surface area (Å²) in [4.78, 5) is 26.7. The summed E-state index contributed by atoms with van der Waals surface area (Å²) in [6.45, 7) is 2.85. The van der Waals surface area contributed by atoms with Crippen LogP contribution in [0.3, 0.4) is 0 Å². The van der Waals surface area contributed by atoms with Gasteiger partial charge in [0, 0.05) is 17.6 Å². The third-order valence-electron chi connectivity index (χ3n) is 5.11. The first kappa shape index (κ1) is 16.8. The first-order valence-corrected chi connectivity index (χ1v) is 9.68. The van der Waals surface area contributed by atoms with Crippen molar-refractivity contribution in [2.45, 2.75) is 32.4 Å². The fourth-order valence-corrected chi connectivity index (χ4v) is 3.82. The minimum atomic E-state index is -0.353. The quantitative estimate of drug-likeness (QED) is 0.826. The van der Waals surface area contributed by atoms with Gasteiger partial charge in [0.25, 0.3) is 0 Å². The van der Waals surface area contributed by atoms with E-state index >= 15 is 0 Å². The number of likely N-dealkylation sites (tertiary alicyclic amines) is 1. The molecule has 1 aromatic carbocycles. The largest absolute Gasteiger partial charge is 0.421 e. The minimum Gasteiger partial charge on any atom is -0.408 e. The molecule has 2 fully saturated rings. The monoisotopic (exact) mass is 407 g/mol. The Morgan fingerprint density at radius 2 is 2.16 bits per heavy atom. The number of nitrogens with one attached hydrogen (secondary N) is 1. The molecule has 0 bridgehead atoms. The first-order chi connectivity index (χ1) is 12.1. The molecule has 4 rings (SSSR count). The van der Waals surface area contributed by atoms with E-state index in [2.05, 4.69) is 26.1 Å². The first-order valence-electron chi connectivity index (χ1n) is 8.89. The molecule has 1 amide bonds. The number of fused-ring (bicyclic) bond motifs is 1. The Morgan fingerprint density at radius 1 is 1.32 bits per heavy atom. The molecule has 25 heavy (non-hydrogen) atoms. The molecular formula is C18H22BrN3O3. The standard InChI is InChI=1S/C18H22BrN3O3/c19-14-5-6-15-16(8-14)25-18(24)22(15)11-21-7-1-2-13(10-21)17(23)20-9-12-3-4-12/h5-6,8,12-13H,1-4,7,9-11H2,(H,20,23)/t13-/m0/s1. The van der Waals surface area contributed by atoms with Crippen LogP contribution in [0, 0.1) is 11.8 Å². The summed E-state index contributed by atoms with van der Waals surface area (Å²) in [7, 11) is 0. The number of piperidine rings is 1. The van der Waals surface area contributed by atoms with Gasteiger partial charge in [-0.3, -0.25) is 14.3 Å². The molecular weight excluding hydrogens is 386 g/mol. The van der Waals surface area contributed by atoms with Crippen LogP contribution >= 0.6 is 15.9 Å². The van der Waals surface area contributed by atoms with Gasteiger partial charge < -0.3 is 9.73 Å². The van der Waals surface area contributed by atoms with Crippen molar-refractivity contribution < 1.29 is 9.21 Å². The summed E-state index contributed by atoms with van der Waals surface area (Å²) < 4.78 is 7.86. The Balaban J connectivity index is 1.44. The number of oxazole rings is 1. The van der Waals surface area contributed by atoms with E-state index in [1.54, 1.807) is 10.6 Å². The zero-order valence-electron chi connectivity index (χ0n) is 14.0. The van der Waals surface area contributed by atoms with Gasteiger partial charge >= 0.3 is 5.76 Å². The van der Waals surface area contributed by atoms with Crippen LogP contribution in [-0.4, -0.2) is 35.0 Å². The molecule has 0 unspecified atom stereocenters. The van der Waals surface area contributed by atoms with Crippen molar-refractivity contribution >= 4 is 32.9 Å². The topological polar surface area (TPSA) is 67.5 Å². The van der Waals surface area contributed by atoms with E-state index in [-0.39, 0.29) is 17.6 Å². The SMILES string of the molecule is O=C(NCC1CC1)[C@H]1CCCN(Cn2c(=O)oc3cc(Br)ccc32)C1. The highest BCUT2D eigenvalue weighted by molar-refractivity contribution is 9.10. The molecule has 1 N–H and O–H groups in total. The van der Waals surface area contributed by atoms with Gasteiger partial charge in [-0.15, -0.1) is 0 Å². The van der Waals surface area contributed by atoms with Crippen LogP contribution in [0.25, 0.3) is 11.1 Å². The summed E-state index contributed by atoms with van der Waals surface area (Å²) >= 11 is 3.39. The van der Waals surface area contributed by atoms with E-state index in [0.29, 0.717) is 24.7 Å². The molecule has 134 valence electrons. The lowest BCUT2D eigenvalue weighted by Gasteiger charge is -2.31. The molecule has 1 aliphatic carbocycles. The summed E-state index contributed by atoms with van der Waals surface area (Å²) in [5.41, 5.74) is 1.36. The van der Waals surface area contributed by atoms with Crippen LogP contribution in [0.15, 0.2) is 31.9 Å². The number of nitrogens with zero attached hydrogens (tertiary/aromatic N) is 2. The number of hydrogen-bond donors (Lipinski definition) is 1. The van der Waals surface area contributed by atoms with Gasteiger partial charge in [0.2, 0.25) is 5.91 Å². The molecule has 1 aliphatic heterocycles. The average molecular weight is 408 g/mol. The highest BCUT2D eigenvalue weighted by atomic mass is 79.9. The number of halogens is 1. The summed E-state index contributed by atoms with van der Waals surface area (Å²) in [6, 6.07) is 5.59. The Bertz CT molecular complexity index is 840. The number of carbonyl (C=O) groups excluding carboxylic acids is 1. The summed E-state index contributed by atoms with van der Waals surface area (Å²) in [5, 5.41) is 3.08. The van der Waals surface area contributed by atoms with Gasteiger partial charge in [0.15, 0.2) is 5.58 Å². The minimum absolute atomic E-state index is 0.00973. The normalized spacial score (nSPS) is 21.6. The number of hydrogen-bond acceptors (Lipinski definition) is 4. The van der Waals surface area contributed by atoms with Gasteiger partial charge in [-0.05, 0) is 56.3 Å². The molecule has 2 heterocycles. The maximum absolute atomic E-state index is 12.4. The molecule has 0 spiro atoms. The van der Waals surface area contributed by atoms with Crippen molar-refractivity contribution in [1.29, 1.82) is 0 Å². The van der Waals surface area contributed by atoms with E-state index in [9.17, 15) is 9.59 Å². The molecule has 0 radical (unpaired) electrons. The highest BCUT2D eigenvalue weighted by Gasteiger charge is 2.28. The second kappa shape index (κ2) is 6.96. The van der Waals surface area contributed by atoms with Gasteiger partial charge in [0.1, 0.15) is 0 Å². The highest BCUT2D eigenvalue weighted by Crippen LogP contribution is 2.28. The van der Waals surface area contributed by atoms with E-state index < -0.39 is 0 Å². The lowest BCUT2D eigenvalue weighted by Crippen LogP contribution is -2.44. The third kappa shape index (κ3) is 3.82. The lowest BCUT2D eigenvalue weighted by atomic mass is 9.97. The fraction of sp³-hybridized carbons (Fsp3) is 0.556. The molecule has 7 heteroatoms. The van der Waals surface area contributed by atoms with Gasteiger partial charge in [0.05, 0.1) is 18.1 Å². The van der Waals surface area contributed by atoms with Crippen molar-refractivity contribution in [2.24, 2.45) is 11.8 Å². The molecule has 6 nitrogen and oxygen atoms in total. The maximum atomic E-state index is 12.4. The Morgan fingerprint density at radius 3 is 2.96 bits per heavy atom. The average Bonchev–Trinajstić information content (AvgIpc) is 3.38. The van der Waals surface area contributed by atoms with Crippen LogP contribution in [0.1, 0.15) is 25.7 Å². The maximum Gasteiger partial charge on any atom is 0.421 e. The fourth-order valence-electron chi connectivity index (χ4n) is 3.48. The van der Waals surface area contributed by atoms with Crippen molar-refractivity contribution in [3.63, 3.8) is 0 Å². The van der Waals surface area contributed by atoms with Gasteiger partial charge in [-0.25, -0.2) is 4.79 Å². The van der Waals surface area contributed by atoms with Crippen LogP contribution in [-0.2, 0) is 11.5 Å². The smallest absolute Gasteiger partial charge is 0.408 e. The Hall–Kier alpha value is -1.60. The van der Waals surface area contributed by atoms with Crippen molar-refractivity contribution in [3.05, 3.63) is 33.2 Å².